The Balaban J connectivity index is 1.71. The first-order valence-electron chi connectivity index (χ1n) is 11.2. The Bertz CT molecular complexity index is 1080. The van der Waals surface area contributed by atoms with Crippen LogP contribution in [-0.4, -0.2) is 60.3 Å². The van der Waals surface area contributed by atoms with Gasteiger partial charge in [-0.05, 0) is 54.0 Å². The number of Topliss-reactive ketones (excluding diaryl/α,β-unsaturated/α-hetero) is 1. The predicted molar refractivity (Wildman–Crippen MR) is 128 cm³/mol. The summed E-state index contributed by atoms with van der Waals surface area (Å²) in [5.41, 5.74) is 6.93. The van der Waals surface area contributed by atoms with E-state index in [9.17, 15) is 24.6 Å². The van der Waals surface area contributed by atoms with Crippen LogP contribution in [0.1, 0.15) is 28.8 Å². The van der Waals surface area contributed by atoms with E-state index in [0.717, 1.165) is 5.56 Å². The second-order valence-electron chi connectivity index (χ2n) is 8.46. The molecule has 2 aromatic rings. The van der Waals surface area contributed by atoms with Crippen LogP contribution in [0.2, 0.25) is 0 Å². The highest BCUT2D eigenvalue weighted by molar-refractivity contribution is 5.99. The fourth-order valence-corrected chi connectivity index (χ4v) is 3.95. The third-order valence-corrected chi connectivity index (χ3v) is 6.06. The van der Waals surface area contributed by atoms with Gasteiger partial charge in [-0.2, -0.15) is 0 Å². The second kappa shape index (κ2) is 11.6. The largest absolute Gasteiger partial charge is 0.497 e. The van der Waals surface area contributed by atoms with Gasteiger partial charge < -0.3 is 30.7 Å². The molecule has 0 heterocycles. The lowest BCUT2D eigenvalue weighted by molar-refractivity contribution is -0.126. The lowest BCUT2D eigenvalue weighted by Gasteiger charge is -2.31. The van der Waals surface area contributed by atoms with Crippen molar-refractivity contribution >= 4 is 17.6 Å². The maximum absolute atomic E-state index is 13.0. The van der Waals surface area contributed by atoms with E-state index in [2.05, 4.69) is 5.32 Å². The number of primary amides is 1. The maximum Gasteiger partial charge on any atom is 0.251 e. The minimum absolute atomic E-state index is 0.0943. The van der Waals surface area contributed by atoms with Gasteiger partial charge in [0.1, 0.15) is 17.6 Å². The van der Waals surface area contributed by atoms with Gasteiger partial charge in [0.25, 0.3) is 5.91 Å². The van der Waals surface area contributed by atoms with Crippen molar-refractivity contribution in [2.24, 2.45) is 11.7 Å². The molecule has 9 heteroatoms. The van der Waals surface area contributed by atoms with E-state index in [-0.39, 0.29) is 30.6 Å². The van der Waals surface area contributed by atoms with Gasteiger partial charge in [-0.3, -0.25) is 14.4 Å². The summed E-state index contributed by atoms with van der Waals surface area (Å²) in [4.78, 5) is 37.7. The Morgan fingerprint density at radius 1 is 1.00 bits per heavy atom. The van der Waals surface area contributed by atoms with Crippen molar-refractivity contribution in [1.82, 2.24) is 5.32 Å². The van der Waals surface area contributed by atoms with Crippen LogP contribution in [0.3, 0.4) is 0 Å². The normalized spacial score (nSPS) is 20.3. The molecule has 35 heavy (non-hydrogen) atoms. The van der Waals surface area contributed by atoms with Crippen molar-refractivity contribution in [3.05, 3.63) is 71.3 Å². The minimum Gasteiger partial charge on any atom is -0.497 e. The van der Waals surface area contributed by atoms with E-state index < -0.39 is 36.0 Å². The van der Waals surface area contributed by atoms with Crippen LogP contribution in [0.4, 0.5) is 0 Å². The fraction of sp³-hybridized carbons (Fsp3) is 0.346. The number of ketones is 1. The van der Waals surface area contributed by atoms with E-state index in [0.29, 0.717) is 17.1 Å². The van der Waals surface area contributed by atoms with Crippen LogP contribution < -0.4 is 20.5 Å². The fourth-order valence-electron chi connectivity index (χ4n) is 3.95. The molecule has 0 bridgehead atoms. The summed E-state index contributed by atoms with van der Waals surface area (Å²) in [6.07, 6.45) is -1.10. The van der Waals surface area contributed by atoms with E-state index in [1.54, 1.807) is 55.6 Å². The highest BCUT2D eigenvalue weighted by Crippen LogP contribution is 2.25. The molecule has 0 fully saturated rings. The number of hydrogen-bond acceptors (Lipinski definition) is 7. The van der Waals surface area contributed by atoms with Gasteiger partial charge in [-0.25, -0.2) is 0 Å². The average molecular weight is 483 g/mol. The standard InChI is InChI=1S/C26H30N2O7/c1-34-19-7-3-15(4-8-19)11-18(25(27)32)14-22(29)17-12-21(24(31)23(30)13-17)28-26(33)16-5-9-20(35-2)10-6-16/h3-10,12,18,21,23-24,30-31H,11,13-14H2,1-2H3,(H2,27,32)(H,28,33)/t18-,21-,23-,24-/m1/s1. The Morgan fingerprint density at radius 3 is 2.11 bits per heavy atom. The van der Waals surface area contributed by atoms with Crippen molar-refractivity contribution < 1.29 is 34.1 Å². The van der Waals surface area contributed by atoms with Gasteiger partial charge in [-0.1, -0.05) is 18.2 Å². The Morgan fingerprint density at radius 2 is 1.57 bits per heavy atom. The van der Waals surface area contributed by atoms with Crippen molar-refractivity contribution in [3.8, 4) is 11.5 Å². The number of carbonyl (C=O) groups excluding carboxylic acids is 3. The summed E-state index contributed by atoms with van der Waals surface area (Å²) in [5.74, 6) is -0.979. The van der Waals surface area contributed by atoms with E-state index in [1.165, 1.54) is 13.2 Å². The molecule has 9 nitrogen and oxygen atoms in total. The van der Waals surface area contributed by atoms with Crippen LogP contribution >= 0.6 is 0 Å². The van der Waals surface area contributed by atoms with Crippen LogP contribution in [0.5, 0.6) is 11.5 Å². The van der Waals surface area contributed by atoms with Crippen LogP contribution in [0.15, 0.2) is 60.2 Å². The number of benzene rings is 2. The molecule has 0 spiro atoms. The molecule has 0 saturated heterocycles. The maximum atomic E-state index is 13.0. The molecule has 0 radical (unpaired) electrons. The quantitative estimate of drug-likeness (QED) is 0.397. The number of nitrogens with two attached hydrogens (primary N) is 1. The molecule has 1 aliphatic carbocycles. The summed E-state index contributed by atoms with van der Waals surface area (Å²) in [5, 5.41) is 23.4. The highest BCUT2D eigenvalue weighted by Gasteiger charge is 2.34. The summed E-state index contributed by atoms with van der Waals surface area (Å²) in [6, 6.07) is 12.5. The summed E-state index contributed by atoms with van der Waals surface area (Å²) in [7, 11) is 3.06. The molecule has 2 aromatic carbocycles. The van der Waals surface area contributed by atoms with Gasteiger partial charge in [-0.15, -0.1) is 0 Å². The number of nitrogens with one attached hydrogen (secondary N) is 1. The first-order valence-corrected chi connectivity index (χ1v) is 11.2. The lowest BCUT2D eigenvalue weighted by atomic mass is 9.84. The van der Waals surface area contributed by atoms with Crippen LogP contribution in [0, 0.1) is 5.92 Å². The van der Waals surface area contributed by atoms with Crippen molar-refractivity contribution in [2.75, 3.05) is 14.2 Å². The smallest absolute Gasteiger partial charge is 0.251 e. The molecule has 0 aliphatic heterocycles. The zero-order valence-corrected chi connectivity index (χ0v) is 19.6. The summed E-state index contributed by atoms with van der Waals surface area (Å²) in [6.45, 7) is 0. The molecule has 4 atom stereocenters. The zero-order valence-electron chi connectivity index (χ0n) is 19.6. The van der Waals surface area contributed by atoms with E-state index in [4.69, 9.17) is 15.2 Å². The van der Waals surface area contributed by atoms with Crippen molar-refractivity contribution in [3.63, 3.8) is 0 Å². The monoisotopic (exact) mass is 482 g/mol. The SMILES string of the molecule is COc1ccc(C[C@H](CC(=O)C2=C[C@@H](NC(=O)c3ccc(OC)cc3)[C@@H](O)[C@H](O)C2)C(N)=O)cc1. The van der Waals surface area contributed by atoms with Crippen molar-refractivity contribution in [2.45, 2.75) is 37.5 Å². The number of ether oxygens (including phenoxy) is 2. The number of hydrogen-bond donors (Lipinski definition) is 4. The van der Waals surface area contributed by atoms with Gasteiger partial charge in [0.2, 0.25) is 5.91 Å². The third-order valence-electron chi connectivity index (χ3n) is 6.06. The van der Waals surface area contributed by atoms with Gasteiger partial charge in [0, 0.05) is 24.3 Å². The molecule has 0 unspecified atom stereocenters. The molecule has 3 rings (SSSR count). The number of carbonyl (C=O) groups is 3. The molecular formula is C26H30N2O7. The van der Waals surface area contributed by atoms with E-state index >= 15 is 0 Å². The van der Waals surface area contributed by atoms with Crippen LogP contribution in [0.25, 0.3) is 0 Å². The summed E-state index contributed by atoms with van der Waals surface area (Å²) < 4.78 is 10.2. The van der Waals surface area contributed by atoms with E-state index in [1.807, 2.05) is 0 Å². The molecular weight excluding hydrogens is 452 g/mol. The number of methoxy groups -OCH3 is 2. The molecule has 0 saturated carbocycles. The number of amides is 2. The van der Waals surface area contributed by atoms with Gasteiger partial charge in [0.05, 0.1) is 26.4 Å². The molecule has 1 aliphatic rings. The third kappa shape index (κ3) is 6.68. The van der Waals surface area contributed by atoms with Gasteiger partial charge >= 0.3 is 0 Å². The Kier molecular flexibility index (Phi) is 8.62. The second-order valence-corrected chi connectivity index (χ2v) is 8.46. The Hall–Kier alpha value is -3.69. The summed E-state index contributed by atoms with van der Waals surface area (Å²) >= 11 is 0. The minimum atomic E-state index is -1.29. The highest BCUT2D eigenvalue weighted by atomic mass is 16.5. The number of aliphatic hydroxyl groups excluding tert-OH is 2. The predicted octanol–water partition coefficient (Wildman–Crippen LogP) is 1.16. The topological polar surface area (TPSA) is 148 Å². The molecule has 5 N–H and O–H groups in total. The zero-order chi connectivity index (χ0) is 25.5. The molecule has 186 valence electrons. The van der Waals surface area contributed by atoms with Crippen LogP contribution in [-0.2, 0) is 16.0 Å². The van der Waals surface area contributed by atoms with Gasteiger partial charge in [0.15, 0.2) is 5.78 Å². The lowest BCUT2D eigenvalue weighted by Crippen LogP contribution is -2.50. The number of rotatable bonds is 10. The van der Waals surface area contributed by atoms with Crippen molar-refractivity contribution in [1.29, 1.82) is 0 Å². The molecule has 2 amide bonds. The molecule has 0 aromatic heterocycles. The first kappa shape index (κ1) is 25.9. The number of aliphatic hydroxyl groups is 2. The first-order chi connectivity index (χ1) is 16.7. The average Bonchev–Trinajstić information content (AvgIpc) is 2.86. The Labute approximate surface area is 203 Å².